The quantitative estimate of drug-likeness (QED) is 0.460. The summed E-state index contributed by atoms with van der Waals surface area (Å²) in [6.07, 6.45) is -0.0107. The summed E-state index contributed by atoms with van der Waals surface area (Å²) in [5, 5.41) is -1.36. The zero-order valence-electron chi connectivity index (χ0n) is 10.2. The molecule has 0 amide bonds. The van der Waals surface area contributed by atoms with Crippen LogP contribution in [-0.2, 0) is 18.5 Å². The first-order chi connectivity index (χ1) is 9.71. The Bertz CT molecular complexity index is 686. The third-order valence-corrected chi connectivity index (χ3v) is 5.09. The first kappa shape index (κ1) is 16.8. The average Bonchev–Trinajstić information content (AvgIpc) is 2.85. The summed E-state index contributed by atoms with van der Waals surface area (Å²) in [7, 11) is 0.719. The molecule has 1 aliphatic rings. The van der Waals surface area contributed by atoms with Gasteiger partial charge in [-0.15, -0.1) is 0 Å². The van der Waals surface area contributed by atoms with Crippen LogP contribution in [0.1, 0.15) is 16.8 Å². The monoisotopic (exact) mass is 376 g/mol. The zero-order valence-corrected chi connectivity index (χ0v) is 13.3. The van der Waals surface area contributed by atoms with Crippen molar-refractivity contribution in [1.29, 1.82) is 0 Å². The van der Waals surface area contributed by atoms with Crippen molar-refractivity contribution >= 4 is 48.9 Å². The zero-order chi connectivity index (χ0) is 15.8. The first-order valence-electron chi connectivity index (χ1n) is 5.62. The van der Waals surface area contributed by atoms with Gasteiger partial charge < -0.3 is 9.47 Å². The van der Waals surface area contributed by atoms with Crippen LogP contribution in [0.4, 0.5) is 4.39 Å². The standard InChI is InChI=1S/C11H8Cl3FO5S/c12-8-6(11(16)20-5-1-2-19-4-5)3-7(15)9(13)10(8)21(14,17)18/h3,5H,1-2,4H2. The van der Waals surface area contributed by atoms with E-state index in [9.17, 15) is 17.6 Å². The molecule has 10 heteroatoms. The van der Waals surface area contributed by atoms with Crippen molar-refractivity contribution in [2.45, 2.75) is 17.4 Å². The Kier molecular flexibility index (Phi) is 4.99. The summed E-state index contributed by atoms with van der Waals surface area (Å²) in [6, 6.07) is 0.703. The van der Waals surface area contributed by atoms with Crippen molar-refractivity contribution in [2.24, 2.45) is 0 Å². The Balaban J connectivity index is 2.44. The SMILES string of the molecule is O=C(OC1CCOC1)c1cc(F)c(Cl)c(S(=O)(=O)Cl)c1Cl. The Morgan fingerprint density at radius 2 is 2.05 bits per heavy atom. The smallest absolute Gasteiger partial charge is 0.340 e. The minimum atomic E-state index is -4.43. The van der Waals surface area contributed by atoms with Gasteiger partial charge in [-0.3, -0.25) is 0 Å². The molecule has 0 saturated carbocycles. The van der Waals surface area contributed by atoms with Gasteiger partial charge in [-0.1, -0.05) is 23.2 Å². The molecule has 0 aromatic heterocycles. The Labute approximate surface area is 134 Å². The number of carbonyl (C=O) groups excluding carboxylic acids is 1. The fraction of sp³-hybridized carbons (Fsp3) is 0.364. The van der Waals surface area contributed by atoms with Gasteiger partial charge in [0.1, 0.15) is 16.8 Å². The number of hydrogen-bond donors (Lipinski definition) is 0. The van der Waals surface area contributed by atoms with Crippen molar-refractivity contribution in [3.05, 3.63) is 27.5 Å². The largest absolute Gasteiger partial charge is 0.456 e. The fourth-order valence-corrected chi connectivity index (χ4v) is 4.13. The number of ether oxygens (including phenoxy) is 2. The van der Waals surface area contributed by atoms with Crippen LogP contribution in [0, 0.1) is 5.82 Å². The van der Waals surface area contributed by atoms with Crippen LogP contribution in [0.15, 0.2) is 11.0 Å². The van der Waals surface area contributed by atoms with Crippen molar-refractivity contribution in [1.82, 2.24) is 0 Å². The third-order valence-electron chi connectivity index (χ3n) is 2.74. The summed E-state index contributed by atoms with van der Waals surface area (Å²) >= 11 is 11.3. The molecule has 1 aromatic carbocycles. The first-order valence-corrected chi connectivity index (χ1v) is 8.69. The molecule has 1 aliphatic heterocycles. The lowest BCUT2D eigenvalue weighted by Gasteiger charge is -2.13. The molecule has 1 saturated heterocycles. The van der Waals surface area contributed by atoms with E-state index in [1.54, 1.807) is 0 Å². The highest BCUT2D eigenvalue weighted by Gasteiger charge is 2.29. The molecular weight excluding hydrogens is 370 g/mol. The van der Waals surface area contributed by atoms with Crippen molar-refractivity contribution < 1.29 is 27.1 Å². The van der Waals surface area contributed by atoms with Crippen molar-refractivity contribution in [3.63, 3.8) is 0 Å². The van der Waals surface area contributed by atoms with E-state index in [1.165, 1.54) is 0 Å². The topological polar surface area (TPSA) is 69.7 Å². The minimum absolute atomic E-state index is 0.208. The van der Waals surface area contributed by atoms with E-state index >= 15 is 0 Å². The van der Waals surface area contributed by atoms with E-state index in [0.717, 1.165) is 0 Å². The molecule has 0 aliphatic carbocycles. The van der Waals surface area contributed by atoms with E-state index in [1.807, 2.05) is 0 Å². The van der Waals surface area contributed by atoms with Crippen molar-refractivity contribution in [3.8, 4) is 0 Å². The fourth-order valence-electron chi connectivity index (χ4n) is 1.76. The maximum atomic E-state index is 13.7. The lowest BCUT2D eigenvalue weighted by molar-refractivity contribution is 0.0270. The highest BCUT2D eigenvalue weighted by atomic mass is 35.7. The molecule has 1 aromatic rings. The molecule has 1 unspecified atom stereocenters. The van der Waals surface area contributed by atoms with Crippen LogP contribution in [0.3, 0.4) is 0 Å². The number of rotatable bonds is 3. The predicted molar refractivity (Wildman–Crippen MR) is 74.1 cm³/mol. The Morgan fingerprint density at radius 1 is 1.38 bits per heavy atom. The molecule has 116 valence electrons. The van der Waals surface area contributed by atoms with E-state index in [2.05, 4.69) is 0 Å². The average molecular weight is 378 g/mol. The molecule has 1 atom stereocenters. The van der Waals surface area contributed by atoms with Gasteiger partial charge in [0.05, 0.1) is 28.8 Å². The van der Waals surface area contributed by atoms with Crippen LogP contribution in [-0.4, -0.2) is 33.7 Å². The highest BCUT2D eigenvalue weighted by molar-refractivity contribution is 8.14. The van der Waals surface area contributed by atoms with Gasteiger partial charge in [0.2, 0.25) is 0 Å². The summed E-state index contributed by atoms with van der Waals surface area (Å²) in [6.45, 7) is 0.641. The molecule has 0 bridgehead atoms. The molecule has 0 radical (unpaired) electrons. The maximum absolute atomic E-state index is 13.7. The van der Waals surface area contributed by atoms with Gasteiger partial charge in [0, 0.05) is 17.1 Å². The lowest BCUT2D eigenvalue weighted by Crippen LogP contribution is -2.19. The van der Waals surface area contributed by atoms with Gasteiger partial charge in [0.25, 0.3) is 9.05 Å². The highest BCUT2D eigenvalue weighted by Crippen LogP contribution is 2.37. The predicted octanol–water partition coefficient (Wildman–Crippen LogP) is 3.01. The molecule has 5 nitrogen and oxygen atoms in total. The van der Waals surface area contributed by atoms with Crippen molar-refractivity contribution in [2.75, 3.05) is 13.2 Å². The Morgan fingerprint density at radius 3 is 2.57 bits per heavy atom. The van der Waals surface area contributed by atoms with E-state index in [-0.39, 0.29) is 6.61 Å². The normalized spacial score (nSPS) is 18.8. The summed E-state index contributed by atoms with van der Waals surface area (Å²) in [5.74, 6) is -2.12. The molecule has 1 fully saturated rings. The van der Waals surface area contributed by atoms with Crippen LogP contribution in [0.25, 0.3) is 0 Å². The van der Waals surface area contributed by atoms with Gasteiger partial charge >= 0.3 is 5.97 Å². The number of carbonyl (C=O) groups is 1. The molecular formula is C11H8Cl3FO5S. The van der Waals surface area contributed by atoms with Gasteiger partial charge in [-0.2, -0.15) is 0 Å². The van der Waals surface area contributed by atoms with E-state index < -0.39 is 47.4 Å². The molecule has 0 spiro atoms. The van der Waals surface area contributed by atoms with Gasteiger partial charge in [0.15, 0.2) is 0 Å². The number of halogens is 4. The minimum Gasteiger partial charge on any atom is -0.456 e. The lowest BCUT2D eigenvalue weighted by atomic mass is 10.2. The summed E-state index contributed by atoms with van der Waals surface area (Å²) in [5.41, 5.74) is -0.468. The maximum Gasteiger partial charge on any atom is 0.340 e. The molecule has 21 heavy (non-hydrogen) atoms. The second kappa shape index (κ2) is 6.26. The summed E-state index contributed by atoms with van der Waals surface area (Å²) in [4.78, 5) is 11.1. The van der Waals surface area contributed by atoms with Crippen LogP contribution >= 0.6 is 33.9 Å². The second-order valence-corrected chi connectivity index (χ2v) is 7.45. The number of benzene rings is 1. The summed E-state index contributed by atoms with van der Waals surface area (Å²) < 4.78 is 46.6. The third kappa shape index (κ3) is 3.60. The van der Waals surface area contributed by atoms with E-state index in [4.69, 9.17) is 43.4 Å². The van der Waals surface area contributed by atoms with Gasteiger partial charge in [-0.05, 0) is 6.07 Å². The Hall–Kier alpha value is -0.600. The second-order valence-electron chi connectivity index (χ2n) is 4.19. The van der Waals surface area contributed by atoms with Crippen LogP contribution in [0.2, 0.25) is 10.0 Å². The molecule has 0 N–H and O–H groups in total. The van der Waals surface area contributed by atoms with Gasteiger partial charge in [-0.25, -0.2) is 17.6 Å². The molecule has 2 rings (SSSR count). The number of hydrogen-bond acceptors (Lipinski definition) is 5. The number of esters is 1. The van der Waals surface area contributed by atoms with Crippen LogP contribution in [0.5, 0.6) is 0 Å². The molecule has 1 heterocycles. The van der Waals surface area contributed by atoms with E-state index in [0.29, 0.717) is 19.1 Å². The van der Waals surface area contributed by atoms with Crippen LogP contribution < -0.4 is 0 Å².